The lowest BCUT2D eigenvalue weighted by Crippen LogP contribution is -2.53. The first-order valence-corrected chi connectivity index (χ1v) is 11.8. The van der Waals surface area contributed by atoms with Crippen molar-refractivity contribution in [1.82, 2.24) is 25.4 Å². The first-order chi connectivity index (χ1) is 17.4. The highest BCUT2D eigenvalue weighted by atomic mass is 16.4. The van der Waals surface area contributed by atoms with Crippen LogP contribution in [-0.4, -0.2) is 96.1 Å². The molecular weight excluding hydrogens is 464 g/mol. The van der Waals surface area contributed by atoms with Crippen molar-refractivity contribution in [2.24, 2.45) is 0 Å². The third kappa shape index (κ3) is 8.66. The summed E-state index contributed by atoms with van der Waals surface area (Å²) in [5.74, 6) is -2.01. The van der Waals surface area contributed by atoms with E-state index in [-0.39, 0.29) is 25.5 Å². The smallest absolute Gasteiger partial charge is 0.307 e. The molecule has 11 nitrogen and oxygen atoms in total. The highest BCUT2D eigenvalue weighted by molar-refractivity contribution is 5.86. The van der Waals surface area contributed by atoms with Crippen LogP contribution in [-0.2, 0) is 25.6 Å². The predicted octanol–water partition coefficient (Wildman–Crippen LogP) is -0.0621. The number of carboxylic acid groups (broad SMARTS) is 1. The topological polar surface area (TPSA) is 135 Å². The molecule has 1 saturated heterocycles. The number of pyridine rings is 1. The molecule has 0 spiro atoms. The number of amides is 3. The molecule has 2 aromatic rings. The second-order valence-electron chi connectivity index (χ2n) is 8.51. The van der Waals surface area contributed by atoms with E-state index in [1.807, 2.05) is 47.4 Å². The Balaban J connectivity index is 1.42. The molecule has 0 saturated carbocycles. The highest BCUT2D eigenvalue weighted by Crippen LogP contribution is 2.14. The van der Waals surface area contributed by atoms with Crippen LogP contribution in [0.5, 0.6) is 0 Å². The molecule has 0 bridgehead atoms. The number of aliphatic carboxylic acids is 1. The van der Waals surface area contributed by atoms with Gasteiger partial charge in [0.25, 0.3) is 0 Å². The number of nitrogens with one attached hydrogen (secondary N) is 2. The zero-order valence-corrected chi connectivity index (χ0v) is 20.1. The number of carbonyl (C=O) groups is 4. The van der Waals surface area contributed by atoms with E-state index in [0.29, 0.717) is 25.9 Å². The van der Waals surface area contributed by atoms with E-state index in [4.69, 9.17) is 0 Å². The fourth-order valence-corrected chi connectivity index (χ4v) is 4.00. The van der Waals surface area contributed by atoms with Crippen LogP contribution in [0.15, 0.2) is 54.9 Å². The van der Waals surface area contributed by atoms with Crippen LogP contribution in [0.1, 0.15) is 12.0 Å². The molecule has 0 aliphatic carbocycles. The summed E-state index contributed by atoms with van der Waals surface area (Å²) in [6.45, 7) is 3.06. The van der Waals surface area contributed by atoms with Crippen LogP contribution in [0.4, 0.5) is 5.69 Å². The Labute approximate surface area is 210 Å². The van der Waals surface area contributed by atoms with Crippen molar-refractivity contribution >= 4 is 29.9 Å². The lowest BCUT2D eigenvalue weighted by molar-refractivity contribution is -0.140. The van der Waals surface area contributed by atoms with Gasteiger partial charge >= 0.3 is 5.97 Å². The van der Waals surface area contributed by atoms with E-state index in [2.05, 4.69) is 20.5 Å². The van der Waals surface area contributed by atoms with Gasteiger partial charge in [-0.05, 0) is 24.1 Å². The number of carbonyl (C=O) groups excluding carboxylic acids is 3. The number of aromatic nitrogens is 1. The summed E-state index contributed by atoms with van der Waals surface area (Å²) in [4.78, 5) is 57.3. The molecule has 0 unspecified atom stereocenters. The molecule has 1 aromatic carbocycles. The quantitative estimate of drug-likeness (QED) is 0.259. The summed E-state index contributed by atoms with van der Waals surface area (Å²) < 4.78 is 0. The average Bonchev–Trinajstić information content (AvgIpc) is 2.89. The standard InChI is InChI=1S/C25H32N6O5/c32-19-31(11-8-20-4-2-1-3-5-20)22(16-25(35)36)28-23(33)17-27-24(34)18-29-12-14-30(15-13-29)21-6-9-26-10-7-21/h1-7,9-10,19,22H,8,11-18H2,(H,27,34)(H,28,33)(H,35,36)/t22-/m0/s1. The fraction of sp³-hybridized carbons (Fsp3) is 0.400. The van der Waals surface area contributed by atoms with Gasteiger partial charge in [-0.2, -0.15) is 0 Å². The third-order valence-corrected chi connectivity index (χ3v) is 5.95. The summed E-state index contributed by atoms with van der Waals surface area (Å²) in [5, 5.41) is 14.4. The molecule has 1 aromatic heterocycles. The van der Waals surface area contributed by atoms with Gasteiger partial charge in [0.05, 0.1) is 19.5 Å². The maximum Gasteiger partial charge on any atom is 0.307 e. The van der Waals surface area contributed by atoms with Crippen LogP contribution in [0.2, 0.25) is 0 Å². The van der Waals surface area contributed by atoms with E-state index >= 15 is 0 Å². The lowest BCUT2D eigenvalue weighted by atomic mass is 10.1. The van der Waals surface area contributed by atoms with Gasteiger partial charge in [-0.25, -0.2) is 0 Å². The van der Waals surface area contributed by atoms with Gasteiger partial charge in [0.2, 0.25) is 18.2 Å². The second-order valence-corrected chi connectivity index (χ2v) is 8.51. The Bertz CT molecular complexity index is 999. The van der Waals surface area contributed by atoms with Crippen LogP contribution in [0, 0.1) is 0 Å². The monoisotopic (exact) mass is 496 g/mol. The van der Waals surface area contributed by atoms with Crippen molar-refractivity contribution in [2.45, 2.75) is 19.0 Å². The summed E-state index contributed by atoms with van der Waals surface area (Å²) >= 11 is 0. The average molecular weight is 497 g/mol. The number of rotatable bonds is 13. The van der Waals surface area contributed by atoms with Gasteiger partial charge in [-0.3, -0.25) is 29.1 Å². The molecule has 11 heteroatoms. The van der Waals surface area contributed by atoms with E-state index in [9.17, 15) is 24.3 Å². The van der Waals surface area contributed by atoms with Crippen LogP contribution >= 0.6 is 0 Å². The van der Waals surface area contributed by atoms with Gasteiger partial charge in [0.15, 0.2) is 0 Å². The van der Waals surface area contributed by atoms with E-state index in [1.165, 1.54) is 4.90 Å². The zero-order valence-electron chi connectivity index (χ0n) is 20.1. The number of piperazine rings is 1. The molecule has 3 amide bonds. The molecule has 1 aliphatic heterocycles. The number of anilines is 1. The maximum atomic E-state index is 12.4. The summed E-state index contributed by atoms with van der Waals surface area (Å²) in [6, 6.07) is 13.3. The molecule has 3 N–H and O–H groups in total. The SMILES string of the molecule is O=CN(CCc1ccccc1)[C@@H](CC(=O)O)NC(=O)CNC(=O)CN1CCN(c2ccncc2)CC1. The largest absolute Gasteiger partial charge is 0.481 e. The maximum absolute atomic E-state index is 12.4. The summed E-state index contributed by atoms with van der Waals surface area (Å²) in [6.07, 6.45) is 3.07. The van der Waals surface area contributed by atoms with Gasteiger partial charge < -0.3 is 25.5 Å². The predicted molar refractivity (Wildman–Crippen MR) is 133 cm³/mol. The van der Waals surface area contributed by atoms with Gasteiger partial charge in [-0.1, -0.05) is 30.3 Å². The molecule has 1 aliphatic rings. The van der Waals surface area contributed by atoms with Crippen LogP contribution in [0.3, 0.4) is 0 Å². The molecule has 192 valence electrons. The van der Waals surface area contributed by atoms with Gasteiger partial charge in [-0.15, -0.1) is 0 Å². The van der Waals surface area contributed by atoms with E-state index < -0.39 is 24.5 Å². The minimum Gasteiger partial charge on any atom is -0.481 e. The number of nitrogens with zero attached hydrogens (tertiary/aromatic N) is 4. The van der Waals surface area contributed by atoms with Crippen molar-refractivity contribution in [2.75, 3.05) is 50.7 Å². The minimum atomic E-state index is -1.15. The number of hydrogen-bond donors (Lipinski definition) is 3. The molecule has 1 atom stereocenters. The van der Waals surface area contributed by atoms with Gasteiger partial charge in [0, 0.05) is 50.8 Å². The van der Waals surface area contributed by atoms with E-state index in [0.717, 1.165) is 24.3 Å². The van der Waals surface area contributed by atoms with Crippen molar-refractivity contribution in [3.05, 3.63) is 60.4 Å². The third-order valence-electron chi connectivity index (χ3n) is 5.95. The van der Waals surface area contributed by atoms with Crippen molar-refractivity contribution < 1.29 is 24.3 Å². The van der Waals surface area contributed by atoms with Crippen LogP contribution in [0.25, 0.3) is 0 Å². The molecular formula is C25H32N6O5. The van der Waals surface area contributed by atoms with Gasteiger partial charge in [0.1, 0.15) is 6.17 Å². The minimum absolute atomic E-state index is 0.160. The Morgan fingerprint density at radius 1 is 1.03 bits per heavy atom. The van der Waals surface area contributed by atoms with Crippen molar-refractivity contribution in [3.8, 4) is 0 Å². The molecule has 36 heavy (non-hydrogen) atoms. The molecule has 3 rings (SSSR count). The Morgan fingerprint density at radius 2 is 1.72 bits per heavy atom. The Hall–Kier alpha value is -3.99. The van der Waals surface area contributed by atoms with E-state index in [1.54, 1.807) is 12.4 Å². The summed E-state index contributed by atoms with van der Waals surface area (Å²) in [5.41, 5.74) is 2.08. The first kappa shape index (κ1) is 26.6. The fourth-order valence-electron chi connectivity index (χ4n) is 4.00. The number of hydrogen-bond acceptors (Lipinski definition) is 7. The molecule has 2 heterocycles. The highest BCUT2D eigenvalue weighted by Gasteiger charge is 2.23. The Morgan fingerprint density at radius 3 is 2.36 bits per heavy atom. The second kappa shape index (κ2) is 13.8. The van der Waals surface area contributed by atoms with Crippen molar-refractivity contribution in [3.63, 3.8) is 0 Å². The first-order valence-electron chi connectivity index (χ1n) is 11.8. The number of benzene rings is 1. The van der Waals surface area contributed by atoms with Crippen molar-refractivity contribution in [1.29, 1.82) is 0 Å². The Kier molecular flexibility index (Phi) is 10.2. The number of carboxylic acids is 1. The van der Waals surface area contributed by atoms with Crippen LogP contribution < -0.4 is 15.5 Å². The molecule has 0 radical (unpaired) electrons. The molecule has 1 fully saturated rings. The zero-order chi connectivity index (χ0) is 25.8. The lowest BCUT2D eigenvalue weighted by Gasteiger charge is -2.35. The summed E-state index contributed by atoms with van der Waals surface area (Å²) in [7, 11) is 0. The normalized spacial score (nSPS) is 14.5.